The molecule has 0 fully saturated rings. The van der Waals surface area contributed by atoms with Crippen LogP contribution in [0.5, 0.6) is 0 Å². The first-order chi connectivity index (χ1) is 10.1. The molecule has 2 atom stereocenters. The van der Waals surface area contributed by atoms with E-state index in [9.17, 15) is 9.59 Å². The number of carbonyl (C=O) groups excluding carboxylic acids is 2. The van der Waals surface area contributed by atoms with Crippen molar-refractivity contribution in [3.8, 4) is 0 Å². The highest BCUT2D eigenvalue weighted by Gasteiger charge is 2.28. The van der Waals surface area contributed by atoms with E-state index in [-0.39, 0.29) is 6.04 Å². The average molecular weight is 291 g/mol. The van der Waals surface area contributed by atoms with Crippen LogP contribution in [0.15, 0.2) is 36.4 Å². The summed E-state index contributed by atoms with van der Waals surface area (Å²) in [5, 5.41) is 1.60. The molecule has 0 amide bonds. The van der Waals surface area contributed by atoms with Gasteiger partial charge in [-0.3, -0.25) is 4.84 Å². The number of hydroxylamine groups is 1. The monoisotopic (exact) mass is 291 g/mol. The van der Waals surface area contributed by atoms with Crippen LogP contribution in [0, 0.1) is 0 Å². The van der Waals surface area contributed by atoms with Crippen LogP contribution < -0.4 is 5.06 Å². The quantitative estimate of drug-likeness (QED) is 0.624. The Morgan fingerprint density at radius 2 is 1.76 bits per heavy atom. The van der Waals surface area contributed by atoms with Gasteiger partial charge in [0, 0.05) is 0 Å². The summed E-state index contributed by atoms with van der Waals surface area (Å²) in [4.78, 5) is 28.6. The van der Waals surface area contributed by atoms with Gasteiger partial charge in [0.15, 0.2) is 0 Å². The summed E-state index contributed by atoms with van der Waals surface area (Å²) in [7, 11) is 2.64. The van der Waals surface area contributed by atoms with Crippen LogP contribution in [0.4, 0.5) is 5.69 Å². The number of benzene rings is 1. The molecule has 6 heteroatoms. The molecule has 112 valence electrons. The smallest absolute Gasteiger partial charge is 0.341 e. The first-order valence-electron chi connectivity index (χ1n) is 6.47. The zero-order valence-corrected chi connectivity index (χ0v) is 12.1. The van der Waals surface area contributed by atoms with Gasteiger partial charge >= 0.3 is 11.9 Å². The van der Waals surface area contributed by atoms with E-state index in [0.29, 0.717) is 5.56 Å². The minimum Gasteiger partial charge on any atom is -0.467 e. The van der Waals surface area contributed by atoms with Crippen LogP contribution in [0.2, 0.25) is 0 Å². The molecular formula is C15H17NO5. The van der Waals surface area contributed by atoms with E-state index in [2.05, 4.69) is 9.47 Å². The number of hydrogen-bond donors (Lipinski definition) is 0. The second-order valence-electron chi connectivity index (χ2n) is 4.54. The lowest BCUT2D eigenvalue weighted by Crippen LogP contribution is -2.42. The van der Waals surface area contributed by atoms with E-state index in [4.69, 9.17) is 4.84 Å². The largest absolute Gasteiger partial charge is 0.467 e. The Kier molecular flexibility index (Phi) is 4.59. The van der Waals surface area contributed by atoms with Gasteiger partial charge in [-0.05, 0) is 37.3 Å². The molecular weight excluding hydrogens is 274 g/mol. The standard InChI is InChI=1S/C15H17NO5/c1-10-4-9-13(15(18)20-3)21-16(10)12-7-5-11(6-8-12)14(17)19-2/h4-10,13H,1-3H3. The summed E-state index contributed by atoms with van der Waals surface area (Å²) in [6.45, 7) is 1.93. The van der Waals surface area contributed by atoms with E-state index in [1.165, 1.54) is 14.2 Å². The zero-order valence-electron chi connectivity index (χ0n) is 12.1. The van der Waals surface area contributed by atoms with Gasteiger partial charge in [-0.2, -0.15) is 0 Å². The molecule has 1 heterocycles. The molecule has 0 bridgehead atoms. The van der Waals surface area contributed by atoms with Gasteiger partial charge in [0.25, 0.3) is 0 Å². The normalized spacial score (nSPS) is 21.0. The Hall–Kier alpha value is -2.34. The maximum absolute atomic E-state index is 11.5. The molecule has 0 radical (unpaired) electrons. The molecule has 0 spiro atoms. The first-order valence-corrected chi connectivity index (χ1v) is 6.47. The van der Waals surface area contributed by atoms with E-state index < -0.39 is 18.0 Å². The Morgan fingerprint density at radius 3 is 2.33 bits per heavy atom. The summed E-state index contributed by atoms with van der Waals surface area (Å²) in [5.41, 5.74) is 1.18. The van der Waals surface area contributed by atoms with E-state index in [1.807, 2.05) is 13.0 Å². The Balaban J connectivity index is 2.19. The summed E-state index contributed by atoms with van der Waals surface area (Å²) in [5.74, 6) is -0.865. The molecule has 1 aromatic rings. The van der Waals surface area contributed by atoms with Gasteiger partial charge in [0.1, 0.15) is 0 Å². The summed E-state index contributed by atoms with van der Waals surface area (Å²) < 4.78 is 9.32. The molecule has 21 heavy (non-hydrogen) atoms. The van der Waals surface area contributed by atoms with Crippen molar-refractivity contribution in [3.05, 3.63) is 42.0 Å². The van der Waals surface area contributed by atoms with Crippen molar-refractivity contribution in [1.29, 1.82) is 0 Å². The second-order valence-corrected chi connectivity index (χ2v) is 4.54. The predicted molar refractivity (Wildman–Crippen MR) is 75.8 cm³/mol. The third kappa shape index (κ3) is 3.22. The third-order valence-electron chi connectivity index (χ3n) is 3.14. The lowest BCUT2D eigenvalue weighted by Gasteiger charge is -2.33. The van der Waals surface area contributed by atoms with Crippen molar-refractivity contribution in [2.45, 2.75) is 19.1 Å². The van der Waals surface area contributed by atoms with Gasteiger partial charge in [0.05, 0.1) is 31.5 Å². The van der Waals surface area contributed by atoms with Crippen LogP contribution in [0.1, 0.15) is 17.3 Å². The third-order valence-corrected chi connectivity index (χ3v) is 3.14. The van der Waals surface area contributed by atoms with Crippen molar-refractivity contribution in [2.75, 3.05) is 19.3 Å². The molecule has 1 aliphatic heterocycles. The van der Waals surface area contributed by atoms with E-state index >= 15 is 0 Å². The minimum absolute atomic E-state index is 0.0464. The molecule has 0 saturated heterocycles. The van der Waals surface area contributed by atoms with Crippen molar-refractivity contribution in [3.63, 3.8) is 0 Å². The number of hydrogen-bond acceptors (Lipinski definition) is 6. The molecule has 2 unspecified atom stereocenters. The van der Waals surface area contributed by atoms with Crippen LogP contribution in [-0.2, 0) is 19.1 Å². The molecule has 0 saturated carbocycles. The van der Waals surface area contributed by atoms with Gasteiger partial charge in [0.2, 0.25) is 6.10 Å². The minimum atomic E-state index is -0.772. The Morgan fingerprint density at radius 1 is 1.10 bits per heavy atom. The summed E-state index contributed by atoms with van der Waals surface area (Å²) in [6.07, 6.45) is 2.75. The lowest BCUT2D eigenvalue weighted by molar-refractivity contribution is -0.152. The maximum Gasteiger partial charge on any atom is 0.341 e. The highest BCUT2D eigenvalue weighted by Crippen LogP contribution is 2.24. The van der Waals surface area contributed by atoms with Crippen molar-refractivity contribution < 1.29 is 23.9 Å². The second kappa shape index (κ2) is 6.41. The highest BCUT2D eigenvalue weighted by atomic mass is 16.7. The predicted octanol–water partition coefficient (Wildman–Crippen LogP) is 1.71. The molecule has 2 rings (SSSR count). The molecule has 0 aliphatic carbocycles. The lowest BCUT2D eigenvalue weighted by atomic mass is 10.1. The summed E-state index contributed by atoms with van der Waals surface area (Å²) >= 11 is 0. The number of methoxy groups -OCH3 is 2. The zero-order chi connectivity index (χ0) is 15.4. The first kappa shape index (κ1) is 15.1. The fourth-order valence-corrected chi connectivity index (χ4v) is 1.99. The number of ether oxygens (including phenoxy) is 2. The van der Waals surface area contributed by atoms with Crippen molar-refractivity contribution in [2.24, 2.45) is 0 Å². The molecule has 1 aromatic carbocycles. The molecule has 0 N–H and O–H groups in total. The number of carbonyl (C=O) groups is 2. The average Bonchev–Trinajstić information content (AvgIpc) is 2.54. The highest BCUT2D eigenvalue weighted by molar-refractivity contribution is 5.89. The van der Waals surface area contributed by atoms with Gasteiger partial charge in [-0.25, -0.2) is 14.7 Å². The van der Waals surface area contributed by atoms with Crippen molar-refractivity contribution >= 4 is 17.6 Å². The fraction of sp³-hybridized carbons (Fsp3) is 0.333. The van der Waals surface area contributed by atoms with Crippen LogP contribution in [0.25, 0.3) is 0 Å². The fourth-order valence-electron chi connectivity index (χ4n) is 1.99. The van der Waals surface area contributed by atoms with Crippen LogP contribution >= 0.6 is 0 Å². The summed E-state index contributed by atoms with van der Waals surface area (Å²) in [6, 6.07) is 6.70. The van der Waals surface area contributed by atoms with E-state index in [0.717, 1.165) is 5.69 Å². The van der Waals surface area contributed by atoms with E-state index in [1.54, 1.807) is 35.4 Å². The van der Waals surface area contributed by atoms with Crippen LogP contribution in [-0.4, -0.2) is 38.3 Å². The van der Waals surface area contributed by atoms with Gasteiger partial charge in [-0.1, -0.05) is 6.08 Å². The van der Waals surface area contributed by atoms with Crippen molar-refractivity contribution in [1.82, 2.24) is 0 Å². The molecule has 1 aliphatic rings. The van der Waals surface area contributed by atoms with Crippen LogP contribution in [0.3, 0.4) is 0 Å². The Labute approximate surface area is 122 Å². The van der Waals surface area contributed by atoms with Gasteiger partial charge in [-0.15, -0.1) is 0 Å². The molecule has 6 nitrogen and oxygen atoms in total. The van der Waals surface area contributed by atoms with Gasteiger partial charge < -0.3 is 9.47 Å². The number of rotatable bonds is 3. The number of nitrogens with zero attached hydrogens (tertiary/aromatic N) is 1. The maximum atomic E-state index is 11.5. The topological polar surface area (TPSA) is 65.1 Å². The number of esters is 2. The number of anilines is 1. The Bertz CT molecular complexity index is 552. The SMILES string of the molecule is COC(=O)c1ccc(N2OC(C(=O)OC)C=CC2C)cc1. The molecule has 0 aromatic heterocycles.